The van der Waals surface area contributed by atoms with Gasteiger partial charge in [-0.25, -0.2) is 9.97 Å². The van der Waals surface area contributed by atoms with E-state index in [2.05, 4.69) is 39.1 Å². The number of hydrogen-bond acceptors (Lipinski definition) is 4. The number of anilines is 1. The third kappa shape index (κ3) is 3.22. The third-order valence-corrected chi connectivity index (χ3v) is 2.17. The molecule has 0 saturated carbocycles. The molecule has 14 heavy (non-hydrogen) atoms. The molecule has 0 unspecified atom stereocenters. The highest BCUT2D eigenvalue weighted by Crippen LogP contribution is 2.07. The summed E-state index contributed by atoms with van der Waals surface area (Å²) in [7, 11) is 0. The van der Waals surface area contributed by atoms with Crippen molar-refractivity contribution in [2.45, 2.75) is 0 Å². The maximum atomic E-state index is 8.85. The quantitative estimate of drug-likeness (QED) is 0.653. The largest absolute Gasteiger partial charge is 0.395 e. The lowest BCUT2D eigenvalue weighted by Crippen LogP contribution is -2.28. The number of rotatable bonds is 5. The van der Waals surface area contributed by atoms with E-state index in [0.717, 1.165) is 3.57 Å². The minimum atomic E-state index is 0.0865. The van der Waals surface area contributed by atoms with Crippen molar-refractivity contribution >= 4 is 28.5 Å². The SMILES string of the molecule is C=CCN(CCO)c1ncc(I)cn1. The molecule has 0 amide bonds. The van der Waals surface area contributed by atoms with Crippen LogP contribution < -0.4 is 4.90 Å². The second kappa shape index (κ2) is 5.92. The topological polar surface area (TPSA) is 49.2 Å². The average Bonchev–Trinajstić information content (AvgIpc) is 2.19. The molecule has 0 bridgehead atoms. The Labute approximate surface area is 96.8 Å². The fourth-order valence-electron chi connectivity index (χ4n) is 1.02. The molecule has 5 heteroatoms. The Morgan fingerprint density at radius 2 is 2.14 bits per heavy atom. The van der Waals surface area contributed by atoms with Crippen LogP contribution in [0.1, 0.15) is 0 Å². The van der Waals surface area contributed by atoms with Crippen molar-refractivity contribution in [1.29, 1.82) is 0 Å². The summed E-state index contributed by atoms with van der Waals surface area (Å²) in [5.41, 5.74) is 0. The highest BCUT2D eigenvalue weighted by molar-refractivity contribution is 14.1. The lowest BCUT2D eigenvalue weighted by atomic mass is 10.5. The van der Waals surface area contributed by atoms with Gasteiger partial charge in [-0.15, -0.1) is 6.58 Å². The summed E-state index contributed by atoms with van der Waals surface area (Å²) in [6, 6.07) is 0. The van der Waals surface area contributed by atoms with E-state index in [4.69, 9.17) is 5.11 Å². The van der Waals surface area contributed by atoms with Crippen LogP contribution >= 0.6 is 22.6 Å². The second-order valence-electron chi connectivity index (χ2n) is 2.66. The van der Waals surface area contributed by atoms with Crippen molar-refractivity contribution in [3.63, 3.8) is 0 Å². The molecule has 0 aliphatic heterocycles. The predicted molar refractivity (Wildman–Crippen MR) is 64.2 cm³/mol. The van der Waals surface area contributed by atoms with Crippen molar-refractivity contribution in [3.8, 4) is 0 Å². The summed E-state index contributed by atoms with van der Waals surface area (Å²) in [6.45, 7) is 4.89. The molecule has 1 heterocycles. The zero-order chi connectivity index (χ0) is 10.4. The summed E-state index contributed by atoms with van der Waals surface area (Å²) in [4.78, 5) is 10.2. The lowest BCUT2D eigenvalue weighted by Gasteiger charge is -2.19. The molecule has 0 aromatic carbocycles. The molecule has 1 rings (SSSR count). The van der Waals surface area contributed by atoms with Crippen LogP contribution in [-0.4, -0.2) is 34.8 Å². The Morgan fingerprint density at radius 3 is 2.64 bits per heavy atom. The van der Waals surface area contributed by atoms with Gasteiger partial charge in [-0.2, -0.15) is 0 Å². The van der Waals surface area contributed by atoms with Crippen molar-refractivity contribution in [3.05, 3.63) is 28.6 Å². The molecule has 0 spiro atoms. The number of nitrogens with zero attached hydrogens (tertiary/aromatic N) is 3. The average molecular weight is 305 g/mol. The molecule has 0 saturated heterocycles. The van der Waals surface area contributed by atoms with Gasteiger partial charge >= 0.3 is 0 Å². The van der Waals surface area contributed by atoms with E-state index in [1.807, 2.05) is 4.90 Å². The van der Waals surface area contributed by atoms with Gasteiger partial charge in [0, 0.05) is 29.1 Å². The first-order chi connectivity index (χ1) is 6.77. The van der Waals surface area contributed by atoms with Gasteiger partial charge in [-0.1, -0.05) is 6.08 Å². The molecule has 0 radical (unpaired) electrons. The van der Waals surface area contributed by atoms with Crippen LogP contribution in [0.2, 0.25) is 0 Å². The van der Waals surface area contributed by atoms with Crippen LogP contribution in [0.3, 0.4) is 0 Å². The van der Waals surface area contributed by atoms with E-state index in [9.17, 15) is 0 Å². The first-order valence-electron chi connectivity index (χ1n) is 4.22. The molecule has 0 aliphatic carbocycles. The highest BCUT2D eigenvalue weighted by Gasteiger charge is 2.05. The minimum Gasteiger partial charge on any atom is -0.395 e. The highest BCUT2D eigenvalue weighted by atomic mass is 127. The normalized spacial score (nSPS) is 9.86. The Kier molecular flexibility index (Phi) is 4.81. The summed E-state index contributed by atoms with van der Waals surface area (Å²) in [5.74, 6) is 0.624. The van der Waals surface area contributed by atoms with E-state index in [1.165, 1.54) is 0 Å². The van der Waals surface area contributed by atoms with Crippen molar-refractivity contribution in [2.24, 2.45) is 0 Å². The number of hydrogen-bond donors (Lipinski definition) is 1. The molecule has 1 N–H and O–H groups in total. The van der Waals surface area contributed by atoms with Crippen molar-refractivity contribution in [2.75, 3.05) is 24.6 Å². The van der Waals surface area contributed by atoms with Crippen LogP contribution in [0.25, 0.3) is 0 Å². The number of aliphatic hydroxyl groups excluding tert-OH is 1. The van der Waals surface area contributed by atoms with Gasteiger partial charge in [-0.3, -0.25) is 0 Å². The summed E-state index contributed by atoms with van der Waals surface area (Å²) in [5, 5.41) is 8.85. The fourth-order valence-corrected chi connectivity index (χ4v) is 1.30. The van der Waals surface area contributed by atoms with E-state index in [0.29, 0.717) is 19.0 Å². The number of halogens is 1. The third-order valence-electron chi connectivity index (χ3n) is 1.61. The van der Waals surface area contributed by atoms with Crippen LogP contribution in [0.5, 0.6) is 0 Å². The Bertz CT molecular complexity index is 289. The molecule has 0 atom stereocenters. The molecular formula is C9H12IN3O. The summed E-state index contributed by atoms with van der Waals surface area (Å²) in [6.07, 6.45) is 5.25. The van der Waals surface area contributed by atoms with Crippen molar-refractivity contribution < 1.29 is 5.11 Å². The summed E-state index contributed by atoms with van der Waals surface area (Å²) < 4.78 is 0.994. The van der Waals surface area contributed by atoms with Gasteiger partial charge in [-0.05, 0) is 22.6 Å². The first-order valence-corrected chi connectivity index (χ1v) is 5.30. The van der Waals surface area contributed by atoms with E-state index in [-0.39, 0.29) is 6.61 Å². The van der Waals surface area contributed by atoms with Gasteiger partial charge in [0.2, 0.25) is 5.95 Å². The van der Waals surface area contributed by atoms with Gasteiger partial charge in [0.05, 0.1) is 6.61 Å². The monoisotopic (exact) mass is 305 g/mol. The summed E-state index contributed by atoms with van der Waals surface area (Å²) >= 11 is 2.15. The molecule has 0 aliphatic rings. The molecule has 1 aromatic heterocycles. The Balaban J connectivity index is 2.76. The van der Waals surface area contributed by atoms with Crippen molar-refractivity contribution in [1.82, 2.24) is 9.97 Å². The number of aromatic nitrogens is 2. The van der Waals surface area contributed by atoms with E-state index >= 15 is 0 Å². The van der Waals surface area contributed by atoms with Gasteiger partial charge < -0.3 is 10.0 Å². The molecular weight excluding hydrogens is 293 g/mol. The standard InChI is InChI=1S/C9H12IN3O/c1-2-3-13(4-5-14)9-11-6-8(10)7-12-9/h2,6-7,14H,1,3-5H2. The Hall–Kier alpha value is -0.690. The van der Waals surface area contributed by atoms with Crippen LogP contribution in [-0.2, 0) is 0 Å². The van der Waals surface area contributed by atoms with E-state index < -0.39 is 0 Å². The van der Waals surface area contributed by atoms with Gasteiger partial charge in [0.25, 0.3) is 0 Å². The molecule has 4 nitrogen and oxygen atoms in total. The van der Waals surface area contributed by atoms with Crippen LogP contribution in [0.15, 0.2) is 25.0 Å². The Morgan fingerprint density at radius 1 is 1.50 bits per heavy atom. The lowest BCUT2D eigenvalue weighted by molar-refractivity contribution is 0.302. The smallest absolute Gasteiger partial charge is 0.225 e. The van der Waals surface area contributed by atoms with Gasteiger partial charge in [0.1, 0.15) is 0 Å². The van der Waals surface area contributed by atoms with E-state index in [1.54, 1.807) is 18.5 Å². The zero-order valence-electron chi connectivity index (χ0n) is 7.73. The second-order valence-corrected chi connectivity index (χ2v) is 3.91. The van der Waals surface area contributed by atoms with Crippen LogP contribution in [0.4, 0.5) is 5.95 Å². The number of aliphatic hydroxyl groups is 1. The van der Waals surface area contributed by atoms with Crippen LogP contribution in [0, 0.1) is 3.57 Å². The minimum absolute atomic E-state index is 0.0865. The zero-order valence-corrected chi connectivity index (χ0v) is 9.88. The molecule has 1 aromatic rings. The molecule has 0 fully saturated rings. The maximum absolute atomic E-state index is 8.85. The van der Waals surface area contributed by atoms with Gasteiger partial charge in [0.15, 0.2) is 0 Å². The predicted octanol–water partition coefficient (Wildman–Crippen LogP) is 1.07. The molecule has 76 valence electrons. The first kappa shape index (κ1) is 11.4. The fraction of sp³-hybridized carbons (Fsp3) is 0.333. The maximum Gasteiger partial charge on any atom is 0.225 e.